The maximum Gasteiger partial charge on any atom is 0.419 e. The Morgan fingerprint density at radius 3 is 1.16 bits per heavy atom. The summed E-state index contributed by atoms with van der Waals surface area (Å²) in [5.41, 5.74) is 3.68. The summed E-state index contributed by atoms with van der Waals surface area (Å²) < 4.78 is 259. The van der Waals surface area contributed by atoms with E-state index in [2.05, 4.69) is 107 Å². The number of alkyl halides is 14. The largest absolute Gasteiger partial charge is 0.493 e. The van der Waals surface area contributed by atoms with Gasteiger partial charge in [-0.05, 0) is 215 Å². The number of hydrogen-bond acceptors (Lipinski definition) is 18. The second kappa shape index (κ2) is 59.4. The van der Waals surface area contributed by atoms with Gasteiger partial charge in [0.05, 0.1) is 125 Å². The van der Waals surface area contributed by atoms with E-state index >= 15 is 4.39 Å². The van der Waals surface area contributed by atoms with E-state index in [9.17, 15) is 71.1 Å². The average Bonchev–Trinajstić information content (AvgIpc) is 1.51. The maximum atomic E-state index is 15.4. The molecule has 0 amide bonds. The third kappa shape index (κ3) is 37.8. The number of aromatic amines is 5. The minimum Gasteiger partial charge on any atom is -0.493 e. The Balaban J connectivity index is 0.000000276. The topological polar surface area (TPSA) is 248 Å². The average molecular weight is 2070 g/mol. The quantitative estimate of drug-likeness (QED) is 0.0176. The second-order valence-electron chi connectivity index (χ2n) is 36.6. The lowest BCUT2D eigenvalue weighted by molar-refractivity contribution is -0.139. The first-order valence-corrected chi connectivity index (χ1v) is 49.1. The summed E-state index contributed by atoms with van der Waals surface area (Å²) in [5, 5.41) is 44.1. The summed E-state index contributed by atoms with van der Waals surface area (Å²) in [6, 6.07) is 11.6. The van der Waals surface area contributed by atoms with Gasteiger partial charge in [0, 0.05) is 117 Å². The molecular weight excluding hydrogens is 1920 g/mol. The van der Waals surface area contributed by atoms with Gasteiger partial charge in [0.1, 0.15) is 29.9 Å². The third-order valence-corrected chi connectivity index (χ3v) is 23.2. The Morgan fingerprint density at radius 2 is 0.764 bits per heavy atom. The van der Waals surface area contributed by atoms with Gasteiger partial charge in [-0.3, -0.25) is 25.5 Å². The van der Waals surface area contributed by atoms with Crippen molar-refractivity contribution < 1.29 is 103 Å². The monoisotopic (exact) mass is 2070 g/mol. The van der Waals surface area contributed by atoms with Crippen molar-refractivity contribution in [3.63, 3.8) is 0 Å². The molecular formula is C104H143ClF16N16O7. The molecule has 10 rings (SSSR count). The number of nitriles is 1. The Bertz CT molecular complexity index is 5530. The van der Waals surface area contributed by atoms with E-state index in [1.165, 1.54) is 43.8 Å². The number of H-pyrrole nitrogens is 5. The fraction of sp³-hybridized carbons (Fsp3) is 0.558. The smallest absolute Gasteiger partial charge is 0.419 e. The summed E-state index contributed by atoms with van der Waals surface area (Å²) in [4.78, 5) is 10.4. The van der Waals surface area contributed by atoms with Gasteiger partial charge in [0.25, 0.3) is 5.92 Å². The van der Waals surface area contributed by atoms with Crippen LogP contribution in [-0.4, -0.2) is 204 Å². The number of aromatic nitrogens is 10. The van der Waals surface area contributed by atoms with Gasteiger partial charge in [0.15, 0.2) is 23.1 Å². The minimum atomic E-state index is -4.86. The molecule has 0 aliphatic carbocycles. The van der Waals surface area contributed by atoms with Gasteiger partial charge >= 0.3 is 24.7 Å². The second-order valence-corrected chi connectivity index (χ2v) is 37.0. The highest BCUT2D eigenvalue weighted by molar-refractivity contribution is 6.34. The predicted molar refractivity (Wildman–Crippen MR) is 530 cm³/mol. The molecule has 10 aromatic rings. The highest BCUT2D eigenvalue weighted by Crippen LogP contribution is 2.48. The number of benzene rings is 5. The highest BCUT2D eigenvalue weighted by atomic mass is 35.5. The third-order valence-electron chi connectivity index (χ3n) is 22.8. The molecule has 5 heterocycles. The molecule has 0 fully saturated rings. The number of halogens is 17. The molecule has 0 saturated carbocycles. The molecule has 800 valence electrons. The summed E-state index contributed by atoms with van der Waals surface area (Å²) in [6.07, 6.45) is 1.68. The van der Waals surface area contributed by atoms with Gasteiger partial charge in [-0.25, -0.2) is 17.6 Å². The van der Waals surface area contributed by atoms with Crippen molar-refractivity contribution in [3.8, 4) is 90.5 Å². The van der Waals surface area contributed by atoms with Gasteiger partial charge in [0.2, 0.25) is 0 Å². The maximum absolute atomic E-state index is 15.4. The summed E-state index contributed by atoms with van der Waals surface area (Å²) in [7, 11) is 12.8. The van der Waals surface area contributed by atoms with Crippen LogP contribution in [0.3, 0.4) is 0 Å². The Morgan fingerprint density at radius 1 is 0.375 bits per heavy atom. The molecule has 0 spiro atoms. The van der Waals surface area contributed by atoms with E-state index in [1.54, 1.807) is 51.7 Å². The van der Waals surface area contributed by atoms with Crippen molar-refractivity contribution in [1.82, 2.24) is 75.5 Å². The Labute approximate surface area is 840 Å². The van der Waals surface area contributed by atoms with Crippen LogP contribution in [0.5, 0.6) is 28.7 Å². The molecule has 0 radical (unpaired) electrons. The molecule has 0 atom stereocenters. The minimum absolute atomic E-state index is 0.00505. The number of nitrogens with one attached hydrogen (secondary N) is 5. The number of hydrogen-bond donors (Lipinski definition) is 5. The lowest BCUT2D eigenvalue weighted by Gasteiger charge is -2.21. The fourth-order valence-electron chi connectivity index (χ4n) is 15.2. The van der Waals surface area contributed by atoms with E-state index < -0.39 is 87.1 Å². The van der Waals surface area contributed by atoms with Crippen molar-refractivity contribution in [2.75, 3.05) is 128 Å². The molecule has 144 heavy (non-hydrogen) atoms. The Hall–Kier alpha value is -10.5. The molecule has 5 aromatic heterocycles. The number of unbranched alkanes of at least 4 members (excludes halogenated alkanes) is 5. The van der Waals surface area contributed by atoms with Crippen LogP contribution in [0, 0.1) is 41.7 Å². The normalized spacial score (nSPS) is 12.0. The first-order valence-electron chi connectivity index (χ1n) is 48.7. The SMILES string of the molecule is CCCCN(C)Cc1[nH]ncc1-c1c(F)c(OCCCOC)cc(C(F)(F)F)c1C#N.CCCCN(C)Cc1[nH]ncc1-c1cc(C(F)(F)F)c(OCCC)cc1CC(C)C.CCCCN(C)Cc1[nH]ncc1-c1cc(C(F)(F)F)cc(OCC(C)C)c1C.CCCCN(C)Cc1[nH]ncc1-c1cc(C(F)(F)F)cc(OCCC)c1F.CCCCN(C)Cc1[nH]ncc1-c1cc(OCCOC)cc(C(C)(F)F)c1Cl. The van der Waals surface area contributed by atoms with Crippen LogP contribution in [0.4, 0.5) is 70.2 Å². The zero-order valence-corrected chi connectivity index (χ0v) is 87.1. The van der Waals surface area contributed by atoms with E-state index in [0.29, 0.717) is 152 Å². The van der Waals surface area contributed by atoms with E-state index in [4.69, 9.17) is 44.8 Å². The van der Waals surface area contributed by atoms with Crippen molar-refractivity contribution >= 4 is 11.6 Å². The Kier molecular flexibility index (Phi) is 50.4. The standard InChI is InChI=1S/C23H34F3N3O.C21H26F4N4O2.C21H30F3N3O.C20H28ClF2N3O2.C19H25F4N3O/c1-6-8-9-29(5)15-21-19(14-27-28-21)18-13-20(23(24,25)26)22(30-10-7-2)12-17(18)11-16(3)4;1-4-5-7-29(2)13-17-15(12-27-28-17)19-14(11-26)16(21(23,24)25)10-18(20(19)22)31-9-6-8-30-3;1-6-7-8-27(5)12-19-18(11-25-26-19)17-9-16(21(22,23)24)10-20(15(17)4)28-13-14(2)3;1-5-6-7-26(3)13-18-16(12-24-25-18)15-10-14(28-9-8-27-4)11-17(19(15)21)20(2,22)23;1-4-6-7-26(3)12-16-15(11-24-25-16)14-9-13(19(21,22)23)10-17(18(14)20)27-8-5-2/h12-14,16H,6-11,15H2,1-5H3,(H,27,28);10,12H,4-9,13H2,1-3H3,(H,27,28);9-11,14H,6-8,12-13H2,1-5H3,(H,25,26);10-12H,5-9,13H2,1-4H3,(H,24,25);9-11H,4-8,12H2,1-3H3,(H,24,25). The molecule has 0 aliphatic heterocycles. The van der Waals surface area contributed by atoms with Gasteiger partial charge in [-0.1, -0.05) is 120 Å². The van der Waals surface area contributed by atoms with Crippen LogP contribution in [0.2, 0.25) is 5.02 Å². The van der Waals surface area contributed by atoms with Crippen LogP contribution in [0.15, 0.2) is 85.6 Å². The number of ether oxygens (including phenoxy) is 7. The van der Waals surface area contributed by atoms with Gasteiger partial charge < -0.3 is 57.7 Å². The first-order chi connectivity index (χ1) is 68.1. The zero-order valence-electron chi connectivity index (χ0n) is 86.4. The molecule has 0 saturated heterocycles. The molecule has 40 heteroatoms. The van der Waals surface area contributed by atoms with E-state index in [1.807, 2.05) is 72.7 Å². The van der Waals surface area contributed by atoms with E-state index in [-0.39, 0.29) is 65.6 Å². The molecule has 0 unspecified atom stereocenters. The molecule has 0 bridgehead atoms. The molecule has 5 N–H and O–H groups in total. The van der Waals surface area contributed by atoms with Crippen LogP contribution < -0.4 is 23.7 Å². The van der Waals surface area contributed by atoms with Crippen LogP contribution in [-0.2, 0) is 79.2 Å². The van der Waals surface area contributed by atoms with Crippen molar-refractivity contribution in [1.29, 1.82) is 5.26 Å². The van der Waals surface area contributed by atoms with Crippen molar-refractivity contribution in [3.05, 3.63) is 175 Å². The van der Waals surface area contributed by atoms with Crippen LogP contribution in [0.1, 0.15) is 240 Å². The van der Waals surface area contributed by atoms with Crippen molar-refractivity contribution in [2.45, 2.75) is 243 Å². The summed E-state index contributed by atoms with van der Waals surface area (Å²) >= 11 is 6.39. The lowest BCUT2D eigenvalue weighted by atomic mass is 9.91. The lowest BCUT2D eigenvalue weighted by Crippen LogP contribution is -2.20. The van der Waals surface area contributed by atoms with Crippen LogP contribution in [0.25, 0.3) is 55.6 Å². The fourth-order valence-corrected chi connectivity index (χ4v) is 15.6. The number of rotatable bonds is 51. The molecule has 23 nitrogen and oxygen atoms in total. The van der Waals surface area contributed by atoms with Gasteiger partial charge in [-0.15, -0.1) is 0 Å². The van der Waals surface area contributed by atoms with Crippen molar-refractivity contribution in [2.24, 2.45) is 11.8 Å². The molecule has 0 aliphatic rings. The number of nitrogens with zero attached hydrogens (tertiary/aromatic N) is 11. The number of methoxy groups -OCH3 is 2. The van der Waals surface area contributed by atoms with Crippen LogP contribution >= 0.6 is 11.6 Å². The summed E-state index contributed by atoms with van der Waals surface area (Å²) in [6.45, 7) is 33.4. The van der Waals surface area contributed by atoms with Gasteiger partial charge in [-0.2, -0.15) is 83.4 Å². The zero-order chi connectivity index (χ0) is 107. The summed E-state index contributed by atoms with van der Waals surface area (Å²) in [5.74, 6) is -4.89. The highest BCUT2D eigenvalue weighted by Gasteiger charge is 2.41. The first kappa shape index (κ1) is 122. The predicted octanol–water partition coefficient (Wildman–Crippen LogP) is 27.1. The van der Waals surface area contributed by atoms with E-state index in [0.717, 1.165) is 144 Å². The molecule has 5 aromatic carbocycles.